The van der Waals surface area contributed by atoms with Gasteiger partial charge in [-0.1, -0.05) is 98.3 Å². The summed E-state index contributed by atoms with van der Waals surface area (Å²) in [5.74, 6) is -0.738. The van der Waals surface area contributed by atoms with Gasteiger partial charge in [-0.05, 0) is 74.1 Å². The summed E-state index contributed by atoms with van der Waals surface area (Å²) in [6.07, 6.45) is 5.97. The molecule has 0 heterocycles. The van der Waals surface area contributed by atoms with Gasteiger partial charge in [-0.3, -0.25) is 13.9 Å². The predicted molar refractivity (Wildman–Crippen MR) is 178 cm³/mol. The fourth-order valence-electron chi connectivity index (χ4n) is 5.70. The van der Waals surface area contributed by atoms with Gasteiger partial charge in [0, 0.05) is 12.6 Å². The Bertz CT molecular complexity index is 1560. The van der Waals surface area contributed by atoms with Crippen molar-refractivity contribution in [1.29, 1.82) is 0 Å². The van der Waals surface area contributed by atoms with Gasteiger partial charge in [0.05, 0.1) is 20.6 Å². The second-order valence-electron chi connectivity index (χ2n) is 11.3. The van der Waals surface area contributed by atoms with Gasteiger partial charge in [-0.15, -0.1) is 0 Å². The first kappa shape index (κ1) is 33.8. The van der Waals surface area contributed by atoms with Crippen LogP contribution in [0.2, 0.25) is 10.0 Å². The second-order valence-corrected chi connectivity index (χ2v) is 14.0. The number of benzene rings is 3. The molecule has 4 rings (SSSR count). The summed E-state index contributed by atoms with van der Waals surface area (Å²) < 4.78 is 29.6. The molecular formula is C34H41Cl2N3O4S. The standard InChI is InChI=1S/C34H41Cl2N3O4S/c1-4-26-11-9-10-14-32(26)39(44(42,43)28-18-15-24(3)16-19-28)23-33(40)38(22-25-17-20-29(35)30(36)21-25)31(5-2)34(41)37-27-12-7-6-8-13-27/h9-11,14-21,27,31H,4-8,12-13,22-23H2,1-3H3,(H,37,41)/t31-/m0/s1. The first-order valence-corrected chi connectivity index (χ1v) is 17.5. The van der Waals surface area contributed by atoms with Crippen LogP contribution in [0.5, 0.6) is 0 Å². The SMILES string of the molecule is CCc1ccccc1N(CC(=O)N(Cc1ccc(Cl)c(Cl)c1)[C@@H](CC)C(=O)NC1CCCCC1)S(=O)(=O)c1ccc(C)cc1. The minimum absolute atomic E-state index is 0.0557. The first-order valence-electron chi connectivity index (χ1n) is 15.3. The van der Waals surface area contributed by atoms with E-state index < -0.39 is 28.5 Å². The third kappa shape index (κ3) is 8.14. The number of aryl methyl sites for hydroxylation is 2. The molecule has 1 atom stereocenters. The van der Waals surface area contributed by atoms with E-state index in [0.717, 1.165) is 43.2 Å². The van der Waals surface area contributed by atoms with Crippen LogP contribution in [0, 0.1) is 6.92 Å². The zero-order valence-corrected chi connectivity index (χ0v) is 27.9. The van der Waals surface area contributed by atoms with E-state index in [4.69, 9.17) is 23.2 Å². The molecular weight excluding hydrogens is 617 g/mol. The molecule has 0 radical (unpaired) electrons. The van der Waals surface area contributed by atoms with Crippen LogP contribution in [0.3, 0.4) is 0 Å². The average Bonchev–Trinajstić information content (AvgIpc) is 3.02. The number of rotatable bonds is 12. The second kappa shape index (κ2) is 15.3. The molecule has 1 aliphatic rings. The van der Waals surface area contributed by atoms with Crippen molar-refractivity contribution in [2.45, 2.75) is 89.2 Å². The smallest absolute Gasteiger partial charge is 0.264 e. The number of sulfonamides is 1. The van der Waals surface area contributed by atoms with E-state index in [2.05, 4.69) is 5.32 Å². The van der Waals surface area contributed by atoms with Crippen LogP contribution in [0.4, 0.5) is 5.69 Å². The fraction of sp³-hybridized carbons (Fsp3) is 0.412. The van der Waals surface area contributed by atoms with Crippen molar-refractivity contribution in [3.8, 4) is 0 Å². The summed E-state index contributed by atoms with van der Waals surface area (Å²) in [7, 11) is -4.15. The molecule has 1 N–H and O–H groups in total. The van der Waals surface area contributed by atoms with Crippen LogP contribution in [0.25, 0.3) is 0 Å². The van der Waals surface area contributed by atoms with Crippen LogP contribution >= 0.6 is 23.2 Å². The lowest BCUT2D eigenvalue weighted by Gasteiger charge is -2.35. The Labute approximate surface area is 271 Å². The maximum Gasteiger partial charge on any atom is 0.264 e. The molecule has 0 aromatic heterocycles. The van der Waals surface area contributed by atoms with Crippen molar-refractivity contribution < 1.29 is 18.0 Å². The average molecular weight is 659 g/mol. The maximum absolute atomic E-state index is 14.4. The summed E-state index contributed by atoms with van der Waals surface area (Å²) in [6.45, 7) is 5.25. The lowest BCUT2D eigenvalue weighted by molar-refractivity contribution is -0.140. The predicted octanol–water partition coefficient (Wildman–Crippen LogP) is 7.32. The number of carbonyl (C=O) groups is 2. The van der Waals surface area contributed by atoms with E-state index in [-0.39, 0.29) is 23.4 Å². The third-order valence-electron chi connectivity index (χ3n) is 8.20. The van der Waals surface area contributed by atoms with Crippen LogP contribution in [0.1, 0.15) is 69.1 Å². The number of amides is 2. The van der Waals surface area contributed by atoms with Gasteiger partial charge < -0.3 is 10.2 Å². The minimum atomic E-state index is -4.15. The molecule has 236 valence electrons. The van der Waals surface area contributed by atoms with Crippen molar-refractivity contribution in [2.24, 2.45) is 0 Å². The Kier molecular flexibility index (Phi) is 11.7. The number of hydrogen-bond acceptors (Lipinski definition) is 4. The summed E-state index contributed by atoms with van der Waals surface area (Å²) >= 11 is 12.5. The van der Waals surface area contributed by atoms with Crippen molar-refractivity contribution >= 4 is 50.7 Å². The Morgan fingerprint density at radius 3 is 2.25 bits per heavy atom. The quantitative estimate of drug-likeness (QED) is 0.221. The first-order chi connectivity index (χ1) is 21.0. The molecule has 44 heavy (non-hydrogen) atoms. The molecule has 7 nitrogen and oxygen atoms in total. The van der Waals surface area contributed by atoms with Crippen molar-refractivity contribution in [2.75, 3.05) is 10.8 Å². The van der Waals surface area contributed by atoms with Crippen LogP contribution < -0.4 is 9.62 Å². The number of para-hydroxylation sites is 1. The molecule has 0 aliphatic heterocycles. The molecule has 3 aromatic rings. The number of nitrogens with one attached hydrogen (secondary N) is 1. The molecule has 1 aliphatic carbocycles. The monoisotopic (exact) mass is 657 g/mol. The van der Waals surface area contributed by atoms with Gasteiger partial charge in [0.25, 0.3) is 10.0 Å². The van der Waals surface area contributed by atoms with Gasteiger partial charge in [-0.25, -0.2) is 8.42 Å². The van der Waals surface area contributed by atoms with E-state index in [1.54, 1.807) is 54.6 Å². The molecule has 0 spiro atoms. The van der Waals surface area contributed by atoms with Crippen molar-refractivity contribution in [1.82, 2.24) is 10.2 Å². The van der Waals surface area contributed by atoms with Crippen LogP contribution in [-0.2, 0) is 32.6 Å². The molecule has 10 heteroatoms. The number of nitrogens with zero attached hydrogens (tertiary/aromatic N) is 2. The molecule has 0 unspecified atom stereocenters. The summed E-state index contributed by atoms with van der Waals surface area (Å²) in [5, 5.41) is 3.87. The Balaban J connectivity index is 1.74. The summed E-state index contributed by atoms with van der Waals surface area (Å²) in [5.41, 5.74) is 2.81. The van der Waals surface area contributed by atoms with Gasteiger partial charge in [0.15, 0.2) is 0 Å². The molecule has 0 bridgehead atoms. The van der Waals surface area contributed by atoms with E-state index in [9.17, 15) is 18.0 Å². The largest absolute Gasteiger partial charge is 0.352 e. The highest BCUT2D eigenvalue weighted by molar-refractivity contribution is 7.92. The van der Waals surface area contributed by atoms with E-state index in [0.29, 0.717) is 34.1 Å². The lowest BCUT2D eigenvalue weighted by Crippen LogP contribution is -2.54. The Hall–Kier alpha value is -3.07. The third-order valence-corrected chi connectivity index (χ3v) is 10.7. The highest BCUT2D eigenvalue weighted by atomic mass is 35.5. The molecule has 2 amide bonds. The molecule has 1 fully saturated rings. The van der Waals surface area contributed by atoms with Gasteiger partial charge in [-0.2, -0.15) is 0 Å². The van der Waals surface area contributed by atoms with Crippen molar-refractivity contribution in [3.05, 3.63) is 93.5 Å². The number of carbonyl (C=O) groups excluding carboxylic acids is 2. The highest BCUT2D eigenvalue weighted by Crippen LogP contribution is 2.29. The highest BCUT2D eigenvalue weighted by Gasteiger charge is 2.35. The van der Waals surface area contributed by atoms with E-state index in [1.165, 1.54) is 9.21 Å². The lowest BCUT2D eigenvalue weighted by atomic mass is 9.95. The number of hydrogen-bond donors (Lipinski definition) is 1. The Morgan fingerprint density at radius 2 is 1.61 bits per heavy atom. The number of halogens is 2. The molecule has 0 saturated heterocycles. The van der Waals surface area contributed by atoms with Crippen LogP contribution in [-0.4, -0.2) is 43.8 Å². The maximum atomic E-state index is 14.4. The van der Waals surface area contributed by atoms with Crippen molar-refractivity contribution in [3.63, 3.8) is 0 Å². The fourth-order valence-corrected chi connectivity index (χ4v) is 7.48. The minimum Gasteiger partial charge on any atom is -0.352 e. The summed E-state index contributed by atoms with van der Waals surface area (Å²) in [4.78, 5) is 29.7. The summed E-state index contributed by atoms with van der Waals surface area (Å²) in [6, 6.07) is 18.1. The zero-order valence-electron chi connectivity index (χ0n) is 25.6. The van der Waals surface area contributed by atoms with Crippen LogP contribution in [0.15, 0.2) is 71.6 Å². The molecule has 1 saturated carbocycles. The Morgan fingerprint density at radius 1 is 0.932 bits per heavy atom. The van der Waals surface area contributed by atoms with Gasteiger partial charge in [0.2, 0.25) is 11.8 Å². The zero-order chi connectivity index (χ0) is 31.9. The van der Waals surface area contributed by atoms with Gasteiger partial charge >= 0.3 is 0 Å². The van der Waals surface area contributed by atoms with E-state index >= 15 is 0 Å². The molecule has 3 aromatic carbocycles. The topological polar surface area (TPSA) is 86.8 Å². The van der Waals surface area contributed by atoms with Gasteiger partial charge in [0.1, 0.15) is 12.6 Å². The van der Waals surface area contributed by atoms with E-state index in [1.807, 2.05) is 32.9 Å². The normalized spacial score (nSPS) is 14.6. The number of anilines is 1.